The van der Waals surface area contributed by atoms with E-state index in [1.54, 1.807) is 6.07 Å². The molecule has 2 rings (SSSR count). The van der Waals surface area contributed by atoms with E-state index in [1.807, 2.05) is 19.1 Å². The first-order valence-electron chi connectivity index (χ1n) is 6.31. The van der Waals surface area contributed by atoms with Crippen LogP contribution in [0.1, 0.15) is 36.5 Å². The van der Waals surface area contributed by atoms with Crippen molar-refractivity contribution in [3.8, 4) is 0 Å². The van der Waals surface area contributed by atoms with Gasteiger partial charge < -0.3 is 10.2 Å². The Hall–Kier alpha value is -1.61. The van der Waals surface area contributed by atoms with Crippen LogP contribution in [0.2, 0.25) is 0 Å². The van der Waals surface area contributed by atoms with E-state index in [0.717, 1.165) is 17.4 Å². The molecule has 0 aliphatic carbocycles. The first-order valence-corrected chi connectivity index (χ1v) is 6.31. The molecule has 0 atom stereocenters. The quantitative estimate of drug-likeness (QED) is 0.846. The zero-order chi connectivity index (χ0) is 13.3. The molecule has 3 heteroatoms. The first kappa shape index (κ1) is 12.8. The first-order chi connectivity index (χ1) is 8.54. The Morgan fingerprint density at radius 2 is 2.06 bits per heavy atom. The second-order valence-electron chi connectivity index (χ2n) is 4.95. The van der Waals surface area contributed by atoms with Crippen LogP contribution >= 0.6 is 0 Å². The van der Waals surface area contributed by atoms with Crippen LogP contribution in [0.25, 0.3) is 11.0 Å². The second kappa shape index (κ2) is 4.94. The maximum absolute atomic E-state index is 11.4. The lowest BCUT2D eigenvalue weighted by atomic mass is 9.91. The van der Waals surface area contributed by atoms with Crippen molar-refractivity contribution in [2.45, 2.75) is 33.1 Å². The van der Waals surface area contributed by atoms with Crippen molar-refractivity contribution in [3.63, 3.8) is 0 Å². The van der Waals surface area contributed by atoms with Gasteiger partial charge in [-0.2, -0.15) is 0 Å². The molecule has 3 nitrogen and oxygen atoms in total. The van der Waals surface area contributed by atoms with Crippen molar-refractivity contribution in [2.75, 3.05) is 6.54 Å². The van der Waals surface area contributed by atoms with Crippen molar-refractivity contribution in [3.05, 3.63) is 45.3 Å². The predicted molar refractivity (Wildman–Crippen MR) is 74.1 cm³/mol. The molecule has 0 aliphatic heterocycles. The lowest BCUT2D eigenvalue weighted by molar-refractivity contribution is 0.559. The van der Waals surface area contributed by atoms with Crippen LogP contribution in [0, 0.1) is 6.92 Å². The predicted octanol–water partition coefficient (Wildman–Crippen LogP) is 2.73. The summed E-state index contributed by atoms with van der Waals surface area (Å²) >= 11 is 0. The number of fused-ring (bicyclic) bond motifs is 1. The van der Waals surface area contributed by atoms with Crippen LogP contribution in [0.4, 0.5) is 0 Å². The van der Waals surface area contributed by atoms with Crippen LogP contribution in [0.15, 0.2) is 27.4 Å². The van der Waals surface area contributed by atoms with Crippen molar-refractivity contribution >= 4 is 11.0 Å². The summed E-state index contributed by atoms with van der Waals surface area (Å²) in [6, 6.07) is 5.48. The molecule has 1 aromatic heterocycles. The summed E-state index contributed by atoms with van der Waals surface area (Å²) in [5.74, 6) is 0.433. The summed E-state index contributed by atoms with van der Waals surface area (Å²) in [4.78, 5) is 11.4. The van der Waals surface area contributed by atoms with Gasteiger partial charge in [0.05, 0.1) is 0 Å². The normalized spacial score (nSPS) is 11.4. The van der Waals surface area contributed by atoms with Crippen molar-refractivity contribution in [1.29, 1.82) is 0 Å². The molecule has 0 bridgehead atoms. The van der Waals surface area contributed by atoms with E-state index in [1.165, 1.54) is 11.1 Å². The standard InChI is InChI=1S/C15H19NO2/c1-9(2)11-4-5-13-15(12(11)6-7-16)10(3)8-14(17)18-13/h4-5,8-9H,6-7,16H2,1-3H3. The fraction of sp³-hybridized carbons (Fsp3) is 0.400. The smallest absolute Gasteiger partial charge is 0.336 e. The molecule has 0 saturated heterocycles. The SMILES string of the molecule is Cc1cc(=O)oc2ccc(C(C)C)c(CCN)c12. The highest BCUT2D eigenvalue weighted by atomic mass is 16.4. The molecule has 18 heavy (non-hydrogen) atoms. The van der Waals surface area contributed by atoms with Gasteiger partial charge in [0.2, 0.25) is 0 Å². The summed E-state index contributed by atoms with van der Waals surface area (Å²) < 4.78 is 5.27. The third-order valence-electron chi connectivity index (χ3n) is 3.27. The number of benzene rings is 1. The molecular formula is C15H19NO2. The number of aryl methyl sites for hydroxylation is 1. The third-order valence-corrected chi connectivity index (χ3v) is 3.27. The van der Waals surface area contributed by atoms with Crippen LogP contribution < -0.4 is 11.4 Å². The fourth-order valence-electron chi connectivity index (χ4n) is 2.50. The van der Waals surface area contributed by atoms with Gasteiger partial charge in [0.15, 0.2) is 0 Å². The van der Waals surface area contributed by atoms with Crippen molar-refractivity contribution in [2.24, 2.45) is 5.73 Å². The minimum Gasteiger partial charge on any atom is -0.423 e. The number of rotatable bonds is 3. The summed E-state index contributed by atoms with van der Waals surface area (Å²) in [5, 5.41) is 1.05. The van der Waals surface area contributed by atoms with E-state index in [-0.39, 0.29) is 5.63 Å². The highest BCUT2D eigenvalue weighted by Crippen LogP contribution is 2.29. The summed E-state index contributed by atoms with van der Waals surface area (Å²) in [6.45, 7) is 6.87. The van der Waals surface area contributed by atoms with Gasteiger partial charge in [0, 0.05) is 11.5 Å². The molecule has 2 N–H and O–H groups in total. The average molecular weight is 245 g/mol. The zero-order valence-electron chi connectivity index (χ0n) is 11.1. The Bertz CT molecular complexity index is 626. The van der Waals surface area contributed by atoms with Crippen LogP contribution in [0.5, 0.6) is 0 Å². The zero-order valence-corrected chi connectivity index (χ0v) is 11.1. The van der Waals surface area contributed by atoms with Gasteiger partial charge in [0.1, 0.15) is 5.58 Å². The monoisotopic (exact) mass is 245 g/mol. The van der Waals surface area contributed by atoms with E-state index in [4.69, 9.17) is 10.2 Å². The largest absolute Gasteiger partial charge is 0.423 e. The van der Waals surface area contributed by atoms with Gasteiger partial charge >= 0.3 is 5.63 Å². The molecule has 0 radical (unpaired) electrons. The fourth-order valence-corrected chi connectivity index (χ4v) is 2.50. The Morgan fingerprint density at radius 1 is 1.33 bits per heavy atom. The van der Waals surface area contributed by atoms with Gasteiger partial charge in [-0.1, -0.05) is 19.9 Å². The number of hydrogen-bond acceptors (Lipinski definition) is 3. The topological polar surface area (TPSA) is 56.2 Å². The lowest BCUT2D eigenvalue weighted by Crippen LogP contribution is -2.09. The van der Waals surface area contributed by atoms with Crippen LogP contribution in [-0.4, -0.2) is 6.54 Å². The minimum absolute atomic E-state index is 0.295. The molecule has 2 aromatic rings. The van der Waals surface area contributed by atoms with E-state index in [0.29, 0.717) is 18.0 Å². The Morgan fingerprint density at radius 3 is 2.67 bits per heavy atom. The van der Waals surface area contributed by atoms with Gasteiger partial charge in [0.25, 0.3) is 0 Å². The van der Waals surface area contributed by atoms with E-state index >= 15 is 0 Å². The molecule has 0 saturated carbocycles. The molecular weight excluding hydrogens is 226 g/mol. The highest BCUT2D eigenvalue weighted by molar-refractivity contribution is 5.85. The number of nitrogens with two attached hydrogens (primary N) is 1. The van der Waals surface area contributed by atoms with Crippen molar-refractivity contribution < 1.29 is 4.42 Å². The van der Waals surface area contributed by atoms with Gasteiger partial charge in [-0.25, -0.2) is 4.79 Å². The lowest BCUT2D eigenvalue weighted by Gasteiger charge is -2.15. The van der Waals surface area contributed by atoms with Crippen LogP contribution in [-0.2, 0) is 6.42 Å². The Labute approximate surface area is 107 Å². The van der Waals surface area contributed by atoms with Gasteiger partial charge in [-0.05, 0) is 48.6 Å². The molecule has 1 heterocycles. The number of hydrogen-bond donors (Lipinski definition) is 1. The molecule has 0 spiro atoms. The molecule has 96 valence electrons. The third kappa shape index (κ3) is 2.18. The maximum Gasteiger partial charge on any atom is 0.336 e. The molecule has 0 amide bonds. The molecule has 0 unspecified atom stereocenters. The maximum atomic E-state index is 11.4. The average Bonchev–Trinajstić information content (AvgIpc) is 2.28. The summed E-state index contributed by atoms with van der Waals surface area (Å²) in [6.07, 6.45) is 0.805. The second-order valence-corrected chi connectivity index (χ2v) is 4.95. The summed E-state index contributed by atoms with van der Waals surface area (Å²) in [5.41, 5.74) is 9.53. The van der Waals surface area contributed by atoms with Gasteiger partial charge in [-0.3, -0.25) is 0 Å². The molecule has 0 fully saturated rings. The molecule has 1 aromatic carbocycles. The minimum atomic E-state index is -0.295. The van der Waals surface area contributed by atoms with E-state index in [9.17, 15) is 4.79 Å². The van der Waals surface area contributed by atoms with E-state index < -0.39 is 0 Å². The molecule has 0 aliphatic rings. The van der Waals surface area contributed by atoms with Crippen LogP contribution in [0.3, 0.4) is 0 Å². The highest BCUT2D eigenvalue weighted by Gasteiger charge is 2.13. The Balaban J connectivity index is 2.84. The van der Waals surface area contributed by atoms with Gasteiger partial charge in [-0.15, -0.1) is 0 Å². The van der Waals surface area contributed by atoms with Crippen molar-refractivity contribution in [1.82, 2.24) is 0 Å². The van der Waals surface area contributed by atoms with E-state index in [2.05, 4.69) is 13.8 Å². The summed E-state index contributed by atoms with van der Waals surface area (Å²) in [7, 11) is 0. The Kier molecular flexibility index (Phi) is 3.53.